The van der Waals surface area contributed by atoms with Gasteiger partial charge in [0.25, 0.3) is 0 Å². The maximum Gasteiger partial charge on any atom is 0.122 e. The summed E-state index contributed by atoms with van der Waals surface area (Å²) >= 11 is 6.06. The Morgan fingerprint density at radius 2 is 2.05 bits per heavy atom. The second kappa shape index (κ2) is 4.97. The molecule has 0 saturated carbocycles. The molecule has 0 spiro atoms. The lowest BCUT2D eigenvalue weighted by molar-refractivity contribution is -0.00649. The fraction of sp³-hybridized carbons (Fsp3) is 0.600. The van der Waals surface area contributed by atoms with E-state index < -0.39 is 5.60 Å². The lowest BCUT2D eigenvalue weighted by Gasteiger charge is -2.37. The summed E-state index contributed by atoms with van der Waals surface area (Å²) in [6.07, 6.45) is 4.61. The smallest absolute Gasteiger partial charge is 0.122 e. The average molecular weight is 282 g/mol. The van der Waals surface area contributed by atoms with Crippen LogP contribution >= 0.6 is 11.6 Å². The summed E-state index contributed by atoms with van der Waals surface area (Å²) in [6, 6.07) is 6.53. The van der Waals surface area contributed by atoms with E-state index in [9.17, 15) is 5.11 Å². The number of methoxy groups -OCH3 is 1. The highest BCUT2D eigenvalue weighted by Gasteiger charge is 2.42. The standard InChI is InChI=1S/C15H20ClNO2/c1-19-14-5-2-11(16)6-10(14)7-15(18)8-12-3-4-13(9-15)17-12/h2,5-6,12-13,17-18H,3-4,7-9H2,1H3. The SMILES string of the molecule is COc1ccc(Cl)cc1CC1(O)CC2CCC(C1)N2. The molecule has 0 aromatic heterocycles. The van der Waals surface area contributed by atoms with Crippen molar-refractivity contribution in [3.05, 3.63) is 28.8 Å². The highest BCUT2D eigenvalue weighted by atomic mass is 35.5. The van der Waals surface area contributed by atoms with E-state index in [0.717, 1.165) is 24.2 Å². The van der Waals surface area contributed by atoms with Crippen molar-refractivity contribution in [2.75, 3.05) is 7.11 Å². The van der Waals surface area contributed by atoms with E-state index in [2.05, 4.69) is 5.32 Å². The Bertz CT molecular complexity index is 465. The highest BCUT2D eigenvalue weighted by molar-refractivity contribution is 6.30. The monoisotopic (exact) mass is 281 g/mol. The Morgan fingerprint density at radius 1 is 1.37 bits per heavy atom. The van der Waals surface area contributed by atoms with Crippen LogP contribution in [-0.4, -0.2) is 29.9 Å². The number of benzene rings is 1. The van der Waals surface area contributed by atoms with Crippen molar-refractivity contribution in [1.29, 1.82) is 0 Å². The van der Waals surface area contributed by atoms with E-state index >= 15 is 0 Å². The first kappa shape index (κ1) is 13.2. The molecule has 1 aromatic rings. The summed E-state index contributed by atoms with van der Waals surface area (Å²) in [7, 11) is 1.66. The van der Waals surface area contributed by atoms with Gasteiger partial charge >= 0.3 is 0 Å². The molecule has 1 aromatic carbocycles. The lowest BCUT2D eigenvalue weighted by Crippen LogP contribution is -2.49. The number of aliphatic hydroxyl groups is 1. The molecule has 104 valence electrons. The number of fused-ring (bicyclic) bond motifs is 2. The molecule has 4 heteroatoms. The van der Waals surface area contributed by atoms with Gasteiger partial charge in [-0.25, -0.2) is 0 Å². The van der Waals surface area contributed by atoms with Gasteiger partial charge in [-0.15, -0.1) is 0 Å². The minimum absolute atomic E-state index is 0.467. The van der Waals surface area contributed by atoms with Gasteiger partial charge in [-0.3, -0.25) is 0 Å². The Morgan fingerprint density at radius 3 is 2.68 bits per heavy atom. The van der Waals surface area contributed by atoms with Gasteiger partial charge in [0.05, 0.1) is 12.7 Å². The molecule has 0 aliphatic carbocycles. The second-order valence-corrected chi connectivity index (χ2v) is 6.34. The topological polar surface area (TPSA) is 41.5 Å². The van der Waals surface area contributed by atoms with Crippen LogP contribution in [0.4, 0.5) is 0 Å². The van der Waals surface area contributed by atoms with Crippen molar-refractivity contribution in [3.8, 4) is 5.75 Å². The predicted octanol–water partition coefficient (Wildman–Crippen LogP) is 2.54. The molecule has 3 rings (SSSR count). The van der Waals surface area contributed by atoms with Crippen LogP contribution in [0.5, 0.6) is 5.75 Å². The molecule has 2 aliphatic heterocycles. The van der Waals surface area contributed by atoms with Gasteiger partial charge in [-0.05, 0) is 49.4 Å². The van der Waals surface area contributed by atoms with E-state index in [-0.39, 0.29) is 0 Å². The number of piperidine rings is 1. The Kier molecular flexibility index (Phi) is 3.46. The maximum absolute atomic E-state index is 10.9. The van der Waals surface area contributed by atoms with Crippen molar-refractivity contribution in [2.24, 2.45) is 0 Å². The van der Waals surface area contributed by atoms with Crippen LogP contribution in [0.3, 0.4) is 0 Å². The third-order valence-corrected chi connectivity index (χ3v) is 4.58. The highest BCUT2D eigenvalue weighted by Crippen LogP contribution is 2.38. The first-order valence-electron chi connectivity index (χ1n) is 6.89. The van der Waals surface area contributed by atoms with Gasteiger partial charge in [-0.1, -0.05) is 11.6 Å². The predicted molar refractivity (Wildman–Crippen MR) is 75.8 cm³/mol. The Balaban J connectivity index is 1.82. The molecule has 2 N–H and O–H groups in total. The van der Waals surface area contributed by atoms with Gasteiger partial charge in [0.15, 0.2) is 0 Å². The van der Waals surface area contributed by atoms with Crippen molar-refractivity contribution in [2.45, 2.75) is 49.8 Å². The van der Waals surface area contributed by atoms with E-state index in [1.54, 1.807) is 7.11 Å². The third-order valence-electron chi connectivity index (χ3n) is 4.35. The van der Waals surface area contributed by atoms with E-state index in [1.807, 2.05) is 18.2 Å². The fourth-order valence-corrected chi connectivity index (χ4v) is 3.80. The molecule has 2 atom stereocenters. The van der Waals surface area contributed by atoms with Crippen LogP contribution in [0.2, 0.25) is 5.02 Å². The number of halogens is 1. The summed E-state index contributed by atoms with van der Waals surface area (Å²) in [6.45, 7) is 0. The van der Waals surface area contributed by atoms with Crippen LogP contribution in [0, 0.1) is 0 Å². The second-order valence-electron chi connectivity index (χ2n) is 5.90. The van der Waals surface area contributed by atoms with Crippen molar-refractivity contribution in [3.63, 3.8) is 0 Å². The quantitative estimate of drug-likeness (QED) is 0.895. The van der Waals surface area contributed by atoms with Crippen LogP contribution in [-0.2, 0) is 6.42 Å². The van der Waals surface area contributed by atoms with Gasteiger partial charge in [0, 0.05) is 23.5 Å². The number of ether oxygens (including phenoxy) is 1. The maximum atomic E-state index is 10.9. The van der Waals surface area contributed by atoms with Crippen LogP contribution < -0.4 is 10.1 Å². The zero-order chi connectivity index (χ0) is 13.5. The average Bonchev–Trinajstić information content (AvgIpc) is 2.69. The summed E-state index contributed by atoms with van der Waals surface area (Å²) in [5, 5.41) is 15.1. The number of hydrogen-bond acceptors (Lipinski definition) is 3. The molecule has 2 bridgehead atoms. The number of hydrogen-bond donors (Lipinski definition) is 2. The zero-order valence-corrected chi connectivity index (χ0v) is 11.9. The van der Waals surface area contributed by atoms with Gasteiger partial charge in [0.2, 0.25) is 0 Å². The molecule has 3 nitrogen and oxygen atoms in total. The van der Waals surface area contributed by atoms with Crippen LogP contribution in [0.15, 0.2) is 18.2 Å². The number of nitrogens with one attached hydrogen (secondary N) is 1. The molecule has 0 amide bonds. The minimum atomic E-state index is -0.630. The molecule has 2 fully saturated rings. The minimum Gasteiger partial charge on any atom is -0.496 e. The summed E-state index contributed by atoms with van der Waals surface area (Å²) in [5.41, 5.74) is 0.369. The molecular weight excluding hydrogens is 262 g/mol. The molecule has 2 heterocycles. The Labute approximate surface area is 118 Å². The van der Waals surface area contributed by atoms with Gasteiger partial charge in [0.1, 0.15) is 5.75 Å². The Hall–Kier alpha value is -0.770. The normalized spacial score (nSPS) is 33.4. The molecule has 2 aliphatic rings. The molecular formula is C15H20ClNO2. The first-order valence-corrected chi connectivity index (χ1v) is 7.27. The molecule has 19 heavy (non-hydrogen) atoms. The van der Waals surface area contributed by atoms with Crippen molar-refractivity contribution >= 4 is 11.6 Å². The van der Waals surface area contributed by atoms with E-state index in [0.29, 0.717) is 23.5 Å². The molecule has 0 radical (unpaired) electrons. The van der Waals surface area contributed by atoms with Crippen LogP contribution in [0.1, 0.15) is 31.2 Å². The van der Waals surface area contributed by atoms with E-state index in [4.69, 9.17) is 16.3 Å². The summed E-state index contributed by atoms with van der Waals surface area (Å²) in [5.74, 6) is 0.809. The van der Waals surface area contributed by atoms with Crippen molar-refractivity contribution < 1.29 is 9.84 Å². The first-order chi connectivity index (χ1) is 9.08. The number of rotatable bonds is 3. The van der Waals surface area contributed by atoms with Crippen LogP contribution in [0.25, 0.3) is 0 Å². The summed E-state index contributed by atoms with van der Waals surface area (Å²) < 4.78 is 5.37. The van der Waals surface area contributed by atoms with E-state index in [1.165, 1.54) is 12.8 Å². The third kappa shape index (κ3) is 2.73. The van der Waals surface area contributed by atoms with Gasteiger partial charge < -0.3 is 15.2 Å². The van der Waals surface area contributed by atoms with Gasteiger partial charge in [-0.2, -0.15) is 0 Å². The van der Waals surface area contributed by atoms with Crippen molar-refractivity contribution in [1.82, 2.24) is 5.32 Å². The zero-order valence-electron chi connectivity index (χ0n) is 11.2. The summed E-state index contributed by atoms with van der Waals surface area (Å²) in [4.78, 5) is 0. The molecule has 2 saturated heterocycles. The largest absolute Gasteiger partial charge is 0.496 e. The lowest BCUT2D eigenvalue weighted by atomic mass is 9.82. The molecule has 2 unspecified atom stereocenters. The fourth-order valence-electron chi connectivity index (χ4n) is 3.61.